The van der Waals surface area contributed by atoms with Crippen LogP contribution in [0.4, 0.5) is 0 Å². The Balaban J connectivity index is 2.44. The lowest BCUT2D eigenvalue weighted by Gasteiger charge is -2.05. The topological polar surface area (TPSA) is 57.0 Å². The van der Waals surface area contributed by atoms with Gasteiger partial charge in [0.15, 0.2) is 5.69 Å². The summed E-state index contributed by atoms with van der Waals surface area (Å²) < 4.78 is 6.55. The normalized spacial score (nSPS) is 10.2. The number of pyridine rings is 1. The third-order valence-electron chi connectivity index (χ3n) is 2.22. The van der Waals surface area contributed by atoms with E-state index in [0.29, 0.717) is 12.3 Å². The predicted octanol–water partition coefficient (Wildman–Crippen LogP) is 1.75. The Kier molecular flexibility index (Phi) is 3.18. The number of carbonyl (C=O) groups is 1. The van der Waals surface area contributed by atoms with Crippen molar-refractivity contribution in [2.45, 2.75) is 13.8 Å². The smallest absolute Gasteiger partial charge is 0.357 e. The second kappa shape index (κ2) is 4.78. The van der Waals surface area contributed by atoms with E-state index in [-0.39, 0.29) is 5.97 Å². The van der Waals surface area contributed by atoms with Gasteiger partial charge in [0.25, 0.3) is 0 Å². The molecule has 5 heteroatoms. The first kappa shape index (κ1) is 11.3. The maximum Gasteiger partial charge on any atom is 0.357 e. The number of hydrogen-bond acceptors (Lipinski definition) is 4. The van der Waals surface area contributed by atoms with Gasteiger partial charge < -0.3 is 4.74 Å². The largest absolute Gasteiger partial charge is 0.461 e. The van der Waals surface area contributed by atoms with Crippen molar-refractivity contribution in [3.63, 3.8) is 0 Å². The molecule has 0 saturated carbocycles. The van der Waals surface area contributed by atoms with E-state index in [1.165, 1.54) is 0 Å². The van der Waals surface area contributed by atoms with Crippen molar-refractivity contribution in [3.8, 4) is 5.69 Å². The summed E-state index contributed by atoms with van der Waals surface area (Å²) in [4.78, 5) is 15.7. The summed E-state index contributed by atoms with van der Waals surface area (Å²) in [6.07, 6.45) is 3.31. The van der Waals surface area contributed by atoms with Crippen LogP contribution < -0.4 is 0 Å². The molecule has 0 fully saturated rings. The molecular formula is C12H13N3O2. The summed E-state index contributed by atoms with van der Waals surface area (Å²) in [5, 5.41) is 4.27. The lowest BCUT2D eigenvalue weighted by molar-refractivity contribution is 0.0515. The molecule has 2 rings (SSSR count). The van der Waals surface area contributed by atoms with Crippen LogP contribution in [0.25, 0.3) is 5.69 Å². The number of ether oxygens (including phenoxy) is 1. The number of esters is 1. The zero-order valence-electron chi connectivity index (χ0n) is 9.75. The first-order valence-corrected chi connectivity index (χ1v) is 5.36. The van der Waals surface area contributed by atoms with Crippen LogP contribution in [-0.4, -0.2) is 27.3 Å². The second-order valence-corrected chi connectivity index (χ2v) is 3.51. The first-order chi connectivity index (χ1) is 8.22. The van der Waals surface area contributed by atoms with E-state index in [2.05, 4.69) is 10.1 Å². The minimum atomic E-state index is -0.370. The molecule has 2 aromatic rings. The van der Waals surface area contributed by atoms with Gasteiger partial charge in [-0.15, -0.1) is 0 Å². The van der Waals surface area contributed by atoms with Crippen molar-refractivity contribution in [1.29, 1.82) is 0 Å². The van der Waals surface area contributed by atoms with E-state index in [0.717, 1.165) is 11.4 Å². The summed E-state index contributed by atoms with van der Waals surface area (Å²) in [5.74, 6) is -0.370. The van der Waals surface area contributed by atoms with E-state index in [4.69, 9.17) is 4.74 Å². The van der Waals surface area contributed by atoms with Gasteiger partial charge in [0, 0.05) is 12.4 Å². The molecule has 17 heavy (non-hydrogen) atoms. The molecule has 2 aromatic heterocycles. The van der Waals surface area contributed by atoms with Crippen molar-refractivity contribution < 1.29 is 9.53 Å². The summed E-state index contributed by atoms with van der Waals surface area (Å²) in [7, 11) is 0. The van der Waals surface area contributed by atoms with Crippen molar-refractivity contribution in [1.82, 2.24) is 14.8 Å². The number of rotatable bonds is 3. The minimum Gasteiger partial charge on any atom is -0.461 e. The zero-order valence-corrected chi connectivity index (χ0v) is 9.75. The fraction of sp³-hybridized carbons (Fsp3) is 0.250. The highest BCUT2D eigenvalue weighted by Crippen LogP contribution is 2.12. The van der Waals surface area contributed by atoms with Crippen molar-refractivity contribution in [3.05, 3.63) is 42.0 Å². The Bertz CT molecular complexity index is 520. The molecule has 0 aromatic carbocycles. The maximum absolute atomic E-state index is 11.8. The van der Waals surface area contributed by atoms with Gasteiger partial charge in [0.05, 0.1) is 18.0 Å². The fourth-order valence-corrected chi connectivity index (χ4v) is 1.53. The van der Waals surface area contributed by atoms with Gasteiger partial charge in [0.1, 0.15) is 0 Å². The molecule has 0 amide bonds. The zero-order chi connectivity index (χ0) is 12.3. The molecule has 0 radical (unpaired) electrons. The molecule has 2 heterocycles. The van der Waals surface area contributed by atoms with Crippen LogP contribution in [0.1, 0.15) is 23.1 Å². The van der Waals surface area contributed by atoms with Gasteiger partial charge in [-0.3, -0.25) is 4.98 Å². The quantitative estimate of drug-likeness (QED) is 0.755. The Morgan fingerprint density at radius 2 is 2.12 bits per heavy atom. The van der Waals surface area contributed by atoms with Crippen LogP contribution in [0.3, 0.4) is 0 Å². The third-order valence-corrected chi connectivity index (χ3v) is 2.22. The number of aromatic nitrogens is 3. The Labute approximate surface area is 99.1 Å². The van der Waals surface area contributed by atoms with Gasteiger partial charge in [-0.2, -0.15) is 5.10 Å². The molecular weight excluding hydrogens is 218 g/mol. The lowest BCUT2D eigenvalue weighted by Crippen LogP contribution is -2.11. The molecule has 0 atom stereocenters. The highest BCUT2D eigenvalue weighted by Gasteiger charge is 2.15. The van der Waals surface area contributed by atoms with Crippen LogP contribution in [-0.2, 0) is 4.74 Å². The van der Waals surface area contributed by atoms with Gasteiger partial charge in [-0.05, 0) is 32.0 Å². The number of carbonyl (C=O) groups excluding carboxylic acids is 1. The SMILES string of the molecule is CCOC(=O)c1cc(C)nn1-c1ccncc1. The van der Waals surface area contributed by atoms with E-state index < -0.39 is 0 Å². The van der Waals surface area contributed by atoms with Crippen LogP contribution in [0.15, 0.2) is 30.6 Å². The van der Waals surface area contributed by atoms with Crippen LogP contribution in [0.5, 0.6) is 0 Å². The average molecular weight is 231 g/mol. The highest BCUT2D eigenvalue weighted by molar-refractivity contribution is 5.88. The van der Waals surface area contributed by atoms with Gasteiger partial charge >= 0.3 is 5.97 Å². The van der Waals surface area contributed by atoms with Gasteiger partial charge in [-0.25, -0.2) is 9.48 Å². The third kappa shape index (κ3) is 2.33. The molecule has 0 aliphatic carbocycles. The number of aryl methyl sites for hydroxylation is 1. The summed E-state index contributed by atoms with van der Waals surface area (Å²) in [6.45, 7) is 3.96. The molecule has 0 aliphatic heterocycles. The summed E-state index contributed by atoms with van der Waals surface area (Å²) in [6, 6.07) is 5.28. The van der Waals surface area contributed by atoms with E-state index in [1.54, 1.807) is 42.2 Å². The lowest BCUT2D eigenvalue weighted by atomic mass is 10.3. The van der Waals surface area contributed by atoms with E-state index in [9.17, 15) is 4.79 Å². The van der Waals surface area contributed by atoms with Crippen LogP contribution in [0, 0.1) is 6.92 Å². The minimum absolute atomic E-state index is 0.347. The predicted molar refractivity (Wildman–Crippen MR) is 62.1 cm³/mol. The summed E-state index contributed by atoms with van der Waals surface area (Å²) in [5.41, 5.74) is 1.98. The maximum atomic E-state index is 11.8. The van der Waals surface area contributed by atoms with E-state index in [1.807, 2.05) is 6.92 Å². The molecule has 0 saturated heterocycles. The highest BCUT2D eigenvalue weighted by atomic mass is 16.5. The summed E-state index contributed by atoms with van der Waals surface area (Å²) >= 11 is 0. The van der Waals surface area contributed by atoms with Gasteiger partial charge in [-0.1, -0.05) is 0 Å². The molecule has 0 aliphatic rings. The fourth-order valence-electron chi connectivity index (χ4n) is 1.53. The van der Waals surface area contributed by atoms with Crippen molar-refractivity contribution >= 4 is 5.97 Å². The van der Waals surface area contributed by atoms with Crippen LogP contribution >= 0.6 is 0 Å². The molecule has 0 N–H and O–H groups in total. The Morgan fingerprint density at radius 3 is 2.76 bits per heavy atom. The Morgan fingerprint density at radius 1 is 1.41 bits per heavy atom. The molecule has 5 nitrogen and oxygen atoms in total. The standard InChI is InChI=1S/C12H13N3O2/c1-3-17-12(16)11-8-9(2)14-15(11)10-4-6-13-7-5-10/h4-8H,3H2,1-2H3. The van der Waals surface area contributed by atoms with Crippen molar-refractivity contribution in [2.24, 2.45) is 0 Å². The molecule has 0 bridgehead atoms. The number of hydrogen-bond donors (Lipinski definition) is 0. The molecule has 88 valence electrons. The van der Waals surface area contributed by atoms with Gasteiger partial charge in [0.2, 0.25) is 0 Å². The average Bonchev–Trinajstić information content (AvgIpc) is 2.73. The molecule has 0 spiro atoms. The van der Waals surface area contributed by atoms with Crippen LogP contribution in [0.2, 0.25) is 0 Å². The number of nitrogens with zero attached hydrogens (tertiary/aromatic N) is 3. The first-order valence-electron chi connectivity index (χ1n) is 5.36. The monoisotopic (exact) mass is 231 g/mol. The molecule has 0 unspecified atom stereocenters. The van der Waals surface area contributed by atoms with Crippen molar-refractivity contribution in [2.75, 3.05) is 6.61 Å². The van der Waals surface area contributed by atoms with E-state index >= 15 is 0 Å². The second-order valence-electron chi connectivity index (χ2n) is 3.51. The Hall–Kier alpha value is -2.17.